The van der Waals surface area contributed by atoms with E-state index in [0.717, 1.165) is 30.4 Å². The van der Waals surface area contributed by atoms with E-state index in [1.807, 2.05) is 12.1 Å². The molecule has 2 atom stereocenters. The maximum absolute atomic E-state index is 5.34. The highest BCUT2D eigenvalue weighted by atomic mass is 16.5. The van der Waals surface area contributed by atoms with Crippen LogP contribution in [-0.4, -0.2) is 20.3 Å². The molecule has 3 nitrogen and oxygen atoms in total. The fraction of sp³-hybridized carbons (Fsp3) is 0.647. The molecule has 0 spiro atoms. The van der Waals surface area contributed by atoms with Crippen LogP contribution in [0.5, 0.6) is 11.5 Å². The first kappa shape index (κ1) is 16.8. The summed E-state index contributed by atoms with van der Waals surface area (Å²) in [6.07, 6.45) is 3.65. The van der Waals surface area contributed by atoms with Crippen LogP contribution in [0.4, 0.5) is 0 Å². The van der Waals surface area contributed by atoms with E-state index in [1.54, 1.807) is 14.2 Å². The molecule has 0 radical (unpaired) electrons. The molecule has 0 aliphatic carbocycles. The summed E-state index contributed by atoms with van der Waals surface area (Å²) in [4.78, 5) is 0. The molecule has 0 fully saturated rings. The number of hydrogen-bond acceptors (Lipinski definition) is 3. The summed E-state index contributed by atoms with van der Waals surface area (Å²) < 4.78 is 10.6. The molecular weight excluding hydrogens is 250 g/mol. The summed E-state index contributed by atoms with van der Waals surface area (Å²) in [6.45, 7) is 7.69. The predicted molar refractivity (Wildman–Crippen MR) is 84.5 cm³/mol. The number of ether oxygens (including phenoxy) is 2. The van der Waals surface area contributed by atoms with Gasteiger partial charge in [0.05, 0.1) is 14.2 Å². The van der Waals surface area contributed by atoms with Crippen molar-refractivity contribution in [3.05, 3.63) is 23.8 Å². The second kappa shape index (κ2) is 8.85. The summed E-state index contributed by atoms with van der Waals surface area (Å²) in [5.41, 5.74) is 1.23. The van der Waals surface area contributed by atoms with Gasteiger partial charge < -0.3 is 14.8 Å². The third kappa shape index (κ3) is 5.04. The van der Waals surface area contributed by atoms with Gasteiger partial charge in [0.25, 0.3) is 0 Å². The molecule has 0 bridgehead atoms. The van der Waals surface area contributed by atoms with Crippen LogP contribution in [0.3, 0.4) is 0 Å². The van der Waals surface area contributed by atoms with Gasteiger partial charge in [0.15, 0.2) is 11.5 Å². The van der Waals surface area contributed by atoms with Gasteiger partial charge in [0.1, 0.15) is 0 Å². The first-order valence-corrected chi connectivity index (χ1v) is 7.58. The largest absolute Gasteiger partial charge is 0.493 e. The van der Waals surface area contributed by atoms with Crippen molar-refractivity contribution in [1.29, 1.82) is 0 Å². The van der Waals surface area contributed by atoms with Gasteiger partial charge >= 0.3 is 0 Å². The SMILES string of the molecule is CCC(C)CC(CC)NCc1ccc(OC)c(OC)c1. The Hall–Kier alpha value is -1.22. The van der Waals surface area contributed by atoms with Crippen LogP contribution in [0, 0.1) is 5.92 Å². The molecule has 3 heteroatoms. The number of rotatable bonds is 9. The lowest BCUT2D eigenvalue weighted by molar-refractivity contribution is 0.353. The third-order valence-corrected chi connectivity index (χ3v) is 3.92. The van der Waals surface area contributed by atoms with Gasteiger partial charge in [0, 0.05) is 12.6 Å². The van der Waals surface area contributed by atoms with E-state index >= 15 is 0 Å². The number of benzene rings is 1. The molecule has 20 heavy (non-hydrogen) atoms. The lowest BCUT2D eigenvalue weighted by atomic mass is 9.97. The Labute approximate surface area is 123 Å². The molecule has 1 rings (SSSR count). The lowest BCUT2D eigenvalue weighted by Gasteiger charge is -2.20. The Morgan fingerprint density at radius 2 is 1.75 bits per heavy atom. The van der Waals surface area contributed by atoms with Gasteiger partial charge in [-0.3, -0.25) is 0 Å². The van der Waals surface area contributed by atoms with E-state index in [2.05, 4.69) is 32.2 Å². The maximum atomic E-state index is 5.34. The van der Waals surface area contributed by atoms with Gasteiger partial charge in [-0.05, 0) is 36.5 Å². The van der Waals surface area contributed by atoms with Gasteiger partial charge in [0.2, 0.25) is 0 Å². The number of methoxy groups -OCH3 is 2. The smallest absolute Gasteiger partial charge is 0.161 e. The molecular formula is C17H29NO2. The molecule has 1 N–H and O–H groups in total. The Morgan fingerprint density at radius 3 is 2.30 bits per heavy atom. The minimum absolute atomic E-state index is 0.582. The van der Waals surface area contributed by atoms with E-state index in [1.165, 1.54) is 18.4 Å². The number of nitrogens with one attached hydrogen (secondary N) is 1. The quantitative estimate of drug-likeness (QED) is 0.741. The van der Waals surface area contributed by atoms with E-state index < -0.39 is 0 Å². The average molecular weight is 279 g/mol. The molecule has 0 amide bonds. The zero-order chi connectivity index (χ0) is 15.0. The van der Waals surface area contributed by atoms with E-state index in [0.29, 0.717) is 6.04 Å². The van der Waals surface area contributed by atoms with E-state index in [4.69, 9.17) is 9.47 Å². The summed E-state index contributed by atoms with van der Waals surface area (Å²) in [5, 5.41) is 3.64. The van der Waals surface area contributed by atoms with Crippen LogP contribution in [0.2, 0.25) is 0 Å². The summed E-state index contributed by atoms with van der Waals surface area (Å²) in [6, 6.07) is 6.68. The molecule has 114 valence electrons. The standard InChI is InChI=1S/C17H29NO2/c1-6-13(3)10-15(7-2)18-12-14-8-9-16(19-4)17(11-14)20-5/h8-9,11,13,15,18H,6-7,10,12H2,1-5H3. The minimum atomic E-state index is 0.582. The summed E-state index contributed by atoms with van der Waals surface area (Å²) >= 11 is 0. The van der Waals surface area contributed by atoms with Crippen LogP contribution in [-0.2, 0) is 6.54 Å². The zero-order valence-electron chi connectivity index (χ0n) is 13.5. The molecule has 0 saturated heterocycles. The number of hydrogen-bond donors (Lipinski definition) is 1. The van der Waals surface area contributed by atoms with Crippen molar-refractivity contribution in [3.63, 3.8) is 0 Å². The van der Waals surface area contributed by atoms with Crippen molar-refractivity contribution in [3.8, 4) is 11.5 Å². The van der Waals surface area contributed by atoms with Gasteiger partial charge in [-0.1, -0.05) is 33.3 Å². The second-order valence-corrected chi connectivity index (χ2v) is 5.42. The normalized spacial score (nSPS) is 13.8. The summed E-state index contributed by atoms with van der Waals surface area (Å²) in [7, 11) is 3.34. The molecule has 0 aromatic heterocycles. The molecule has 0 heterocycles. The zero-order valence-corrected chi connectivity index (χ0v) is 13.5. The van der Waals surface area contributed by atoms with E-state index in [9.17, 15) is 0 Å². The highest BCUT2D eigenvalue weighted by molar-refractivity contribution is 5.42. The van der Waals surface area contributed by atoms with Crippen molar-refractivity contribution in [1.82, 2.24) is 5.32 Å². The molecule has 0 aliphatic rings. The summed E-state index contributed by atoms with van der Waals surface area (Å²) in [5.74, 6) is 2.35. The highest BCUT2D eigenvalue weighted by Crippen LogP contribution is 2.27. The predicted octanol–water partition coefficient (Wildman–Crippen LogP) is 4.01. The minimum Gasteiger partial charge on any atom is -0.493 e. The molecule has 1 aromatic carbocycles. The van der Waals surface area contributed by atoms with Crippen molar-refractivity contribution < 1.29 is 9.47 Å². The van der Waals surface area contributed by atoms with Crippen molar-refractivity contribution >= 4 is 0 Å². The Balaban J connectivity index is 2.59. The van der Waals surface area contributed by atoms with Crippen molar-refractivity contribution in [2.75, 3.05) is 14.2 Å². The van der Waals surface area contributed by atoms with Crippen LogP contribution in [0.1, 0.15) is 45.6 Å². The first-order chi connectivity index (χ1) is 9.64. The second-order valence-electron chi connectivity index (χ2n) is 5.42. The molecule has 1 aromatic rings. The first-order valence-electron chi connectivity index (χ1n) is 7.58. The average Bonchev–Trinajstić information content (AvgIpc) is 2.50. The van der Waals surface area contributed by atoms with Gasteiger partial charge in [-0.25, -0.2) is 0 Å². The van der Waals surface area contributed by atoms with Gasteiger partial charge in [-0.2, -0.15) is 0 Å². The van der Waals surface area contributed by atoms with Crippen LogP contribution in [0.25, 0.3) is 0 Å². The topological polar surface area (TPSA) is 30.5 Å². The molecule has 0 saturated carbocycles. The monoisotopic (exact) mass is 279 g/mol. The fourth-order valence-corrected chi connectivity index (χ4v) is 2.30. The van der Waals surface area contributed by atoms with E-state index in [-0.39, 0.29) is 0 Å². The molecule has 2 unspecified atom stereocenters. The lowest BCUT2D eigenvalue weighted by Crippen LogP contribution is -2.29. The Kier molecular flexibility index (Phi) is 7.45. The highest BCUT2D eigenvalue weighted by Gasteiger charge is 2.11. The Bertz CT molecular complexity index is 393. The molecule has 0 aliphatic heterocycles. The van der Waals surface area contributed by atoms with Crippen LogP contribution in [0.15, 0.2) is 18.2 Å². The van der Waals surface area contributed by atoms with Crippen molar-refractivity contribution in [2.24, 2.45) is 5.92 Å². The van der Waals surface area contributed by atoms with Crippen LogP contribution >= 0.6 is 0 Å². The maximum Gasteiger partial charge on any atom is 0.161 e. The Morgan fingerprint density at radius 1 is 1.05 bits per heavy atom. The fourth-order valence-electron chi connectivity index (χ4n) is 2.30. The van der Waals surface area contributed by atoms with Crippen molar-refractivity contribution in [2.45, 2.75) is 52.6 Å². The van der Waals surface area contributed by atoms with Crippen LogP contribution < -0.4 is 14.8 Å². The van der Waals surface area contributed by atoms with Gasteiger partial charge in [-0.15, -0.1) is 0 Å². The third-order valence-electron chi connectivity index (χ3n) is 3.92.